The van der Waals surface area contributed by atoms with Crippen molar-refractivity contribution < 1.29 is 23.7 Å². The highest BCUT2D eigenvalue weighted by Gasteiger charge is 2.17. The molecule has 0 N–H and O–H groups in total. The van der Waals surface area contributed by atoms with E-state index in [1.54, 1.807) is 24.3 Å². The van der Waals surface area contributed by atoms with Crippen LogP contribution in [0.15, 0.2) is 35.5 Å². The van der Waals surface area contributed by atoms with Crippen molar-refractivity contribution in [3.05, 3.63) is 46.4 Å². The van der Waals surface area contributed by atoms with Crippen molar-refractivity contribution in [3.8, 4) is 23.0 Å². The van der Waals surface area contributed by atoms with Crippen LogP contribution in [0.3, 0.4) is 0 Å². The Labute approximate surface area is 145 Å². The van der Waals surface area contributed by atoms with Crippen molar-refractivity contribution in [1.82, 2.24) is 0 Å². The average Bonchev–Trinajstić information content (AvgIpc) is 2.66. The van der Waals surface area contributed by atoms with Gasteiger partial charge < -0.3 is 18.9 Å². The van der Waals surface area contributed by atoms with Crippen molar-refractivity contribution in [1.29, 1.82) is 0 Å². The Morgan fingerprint density at radius 2 is 1.48 bits per heavy atom. The highest BCUT2D eigenvalue weighted by atomic mass is 16.5. The third kappa shape index (κ3) is 3.88. The molecule has 132 valence electrons. The monoisotopic (exact) mass is 345 g/mol. The molecule has 0 aromatic heterocycles. The van der Waals surface area contributed by atoms with Crippen LogP contribution in [0.5, 0.6) is 23.0 Å². The second-order valence-corrected chi connectivity index (χ2v) is 5.11. The van der Waals surface area contributed by atoms with E-state index in [1.807, 2.05) is 0 Å². The Morgan fingerprint density at radius 1 is 0.880 bits per heavy atom. The van der Waals surface area contributed by atoms with Gasteiger partial charge >= 0.3 is 0 Å². The molecule has 0 aliphatic carbocycles. The molecule has 0 aliphatic heterocycles. The minimum Gasteiger partial charge on any atom is -0.494 e. The summed E-state index contributed by atoms with van der Waals surface area (Å²) in [6.07, 6.45) is 0.0884. The molecule has 0 bridgehead atoms. The predicted octanol–water partition coefficient (Wildman–Crippen LogP) is 3.54. The van der Waals surface area contributed by atoms with Gasteiger partial charge in [-0.1, -0.05) is 6.07 Å². The van der Waals surface area contributed by atoms with Gasteiger partial charge in [0.1, 0.15) is 11.4 Å². The van der Waals surface area contributed by atoms with Crippen LogP contribution in [0.4, 0.5) is 5.69 Å². The lowest BCUT2D eigenvalue weighted by Crippen LogP contribution is -2.06. The van der Waals surface area contributed by atoms with Gasteiger partial charge in [-0.3, -0.25) is 4.79 Å². The first-order valence-corrected chi connectivity index (χ1v) is 7.41. The van der Waals surface area contributed by atoms with Crippen LogP contribution >= 0.6 is 0 Å². The number of ketones is 1. The number of hydrogen-bond acceptors (Lipinski definition) is 7. The van der Waals surface area contributed by atoms with Gasteiger partial charge in [0.05, 0.1) is 28.4 Å². The summed E-state index contributed by atoms with van der Waals surface area (Å²) in [4.78, 5) is 23.5. The molecule has 7 heteroatoms. The number of Topliss-reactive ketones (excluding diaryl/α,β-unsaturated/α-hetero) is 1. The van der Waals surface area contributed by atoms with E-state index >= 15 is 0 Å². The Bertz CT molecular complexity index is 762. The fourth-order valence-electron chi connectivity index (χ4n) is 2.45. The number of nitrogens with zero attached hydrogens (tertiary/aromatic N) is 1. The van der Waals surface area contributed by atoms with E-state index in [-0.39, 0.29) is 17.9 Å². The number of ether oxygens (including phenoxy) is 4. The van der Waals surface area contributed by atoms with E-state index in [0.29, 0.717) is 34.1 Å². The van der Waals surface area contributed by atoms with Crippen molar-refractivity contribution in [3.63, 3.8) is 0 Å². The summed E-state index contributed by atoms with van der Waals surface area (Å²) in [5, 5.41) is 2.92. The Kier molecular flexibility index (Phi) is 5.94. The van der Waals surface area contributed by atoms with E-state index in [2.05, 4.69) is 5.18 Å². The SMILES string of the molecule is COc1ccc(CC(=O)c2cc(OC)c(OC)c(OC)c2)cc1N=O. The maximum Gasteiger partial charge on any atom is 0.203 e. The van der Waals surface area contributed by atoms with E-state index in [4.69, 9.17) is 18.9 Å². The topological polar surface area (TPSA) is 83.4 Å². The van der Waals surface area contributed by atoms with Crippen LogP contribution in [-0.2, 0) is 6.42 Å². The quantitative estimate of drug-likeness (QED) is 0.537. The molecular weight excluding hydrogens is 326 g/mol. The van der Waals surface area contributed by atoms with Crippen LogP contribution in [0.1, 0.15) is 15.9 Å². The normalized spacial score (nSPS) is 10.1. The van der Waals surface area contributed by atoms with Gasteiger partial charge in [0.25, 0.3) is 0 Å². The first-order valence-electron chi connectivity index (χ1n) is 7.41. The van der Waals surface area contributed by atoms with Crippen LogP contribution in [0.2, 0.25) is 0 Å². The summed E-state index contributed by atoms with van der Waals surface area (Å²) in [5.41, 5.74) is 1.21. The number of carbonyl (C=O) groups is 1. The largest absolute Gasteiger partial charge is 0.494 e. The Morgan fingerprint density at radius 3 is 1.96 bits per heavy atom. The summed E-state index contributed by atoms with van der Waals surface area (Å²) < 4.78 is 20.8. The lowest BCUT2D eigenvalue weighted by atomic mass is 10.0. The number of carbonyl (C=O) groups excluding carboxylic acids is 1. The van der Waals surface area contributed by atoms with Gasteiger partial charge in [-0.2, -0.15) is 0 Å². The smallest absolute Gasteiger partial charge is 0.203 e. The average molecular weight is 345 g/mol. The van der Waals surface area contributed by atoms with Crippen LogP contribution in [0.25, 0.3) is 0 Å². The first-order chi connectivity index (χ1) is 12.1. The van der Waals surface area contributed by atoms with Crippen molar-refractivity contribution >= 4 is 11.5 Å². The molecule has 0 atom stereocenters. The third-order valence-electron chi connectivity index (χ3n) is 3.69. The molecule has 2 aromatic rings. The summed E-state index contributed by atoms with van der Waals surface area (Å²) in [7, 11) is 5.91. The number of nitroso groups, excluding NO2 is 1. The maximum atomic E-state index is 12.6. The van der Waals surface area contributed by atoms with Gasteiger partial charge in [-0.25, -0.2) is 0 Å². The zero-order chi connectivity index (χ0) is 18.4. The first kappa shape index (κ1) is 18.3. The highest BCUT2D eigenvalue weighted by Crippen LogP contribution is 2.38. The molecular formula is C18H19NO6. The van der Waals surface area contributed by atoms with Crippen LogP contribution in [-0.4, -0.2) is 34.2 Å². The second-order valence-electron chi connectivity index (χ2n) is 5.11. The van der Waals surface area contributed by atoms with Gasteiger partial charge in [-0.05, 0) is 35.0 Å². The van der Waals surface area contributed by atoms with E-state index in [0.717, 1.165) is 0 Å². The fourth-order valence-corrected chi connectivity index (χ4v) is 2.45. The molecule has 0 radical (unpaired) electrons. The fraction of sp³-hybridized carbons (Fsp3) is 0.278. The molecule has 0 amide bonds. The minimum atomic E-state index is -0.165. The summed E-state index contributed by atoms with van der Waals surface area (Å²) in [5.74, 6) is 1.41. The maximum absolute atomic E-state index is 12.6. The standard InChI is InChI=1S/C18H19NO6/c1-22-15-6-5-11(7-13(15)19-21)8-14(20)12-9-16(23-2)18(25-4)17(10-12)24-3/h5-7,9-10H,8H2,1-4H3. The van der Waals surface area contributed by atoms with Crippen molar-refractivity contribution in [2.24, 2.45) is 5.18 Å². The summed E-state index contributed by atoms with van der Waals surface area (Å²) in [6, 6.07) is 8.03. The van der Waals surface area contributed by atoms with Gasteiger partial charge in [-0.15, -0.1) is 4.91 Å². The molecule has 0 fully saturated rings. The number of hydrogen-bond donors (Lipinski definition) is 0. The molecule has 0 heterocycles. The Hall–Kier alpha value is -3.09. The minimum absolute atomic E-state index is 0.0884. The molecule has 0 saturated carbocycles. The second kappa shape index (κ2) is 8.14. The highest BCUT2D eigenvalue weighted by molar-refractivity contribution is 5.98. The predicted molar refractivity (Wildman–Crippen MR) is 92.6 cm³/mol. The zero-order valence-corrected chi connectivity index (χ0v) is 14.5. The molecule has 0 aliphatic rings. The third-order valence-corrected chi connectivity index (χ3v) is 3.69. The molecule has 2 rings (SSSR count). The molecule has 0 saturated heterocycles. The zero-order valence-electron chi connectivity index (χ0n) is 14.5. The van der Waals surface area contributed by atoms with E-state index in [1.165, 1.54) is 34.5 Å². The van der Waals surface area contributed by atoms with Crippen molar-refractivity contribution in [2.75, 3.05) is 28.4 Å². The summed E-state index contributed by atoms with van der Waals surface area (Å²) in [6.45, 7) is 0. The number of benzene rings is 2. The number of methoxy groups -OCH3 is 4. The van der Waals surface area contributed by atoms with Gasteiger partial charge in [0.15, 0.2) is 17.3 Å². The number of rotatable bonds is 8. The van der Waals surface area contributed by atoms with Crippen LogP contribution < -0.4 is 18.9 Å². The summed E-state index contributed by atoms with van der Waals surface area (Å²) >= 11 is 0. The molecule has 0 unspecified atom stereocenters. The molecule has 7 nitrogen and oxygen atoms in total. The van der Waals surface area contributed by atoms with E-state index in [9.17, 15) is 9.70 Å². The molecule has 0 spiro atoms. The Balaban J connectivity index is 2.33. The lowest BCUT2D eigenvalue weighted by Gasteiger charge is -2.13. The molecule has 2 aromatic carbocycles. The van der Waals surface area contributed by atoms with Crippen molar-refractivity contribution in [2.45, 2.75) is 6.42 Å². The van der Waals surface area contributed by atoms with Crippen LogP contribution in [0, 0.1) is 4.91 Å². The van der Waals surface area contributed by atoms with Gasteiger partial charge in [0, 0.05) is 12.0 Å². The van der Waals surface area contributed by atoms with E-state index < -0.39 is 0 Å². The lowest BCUT2D eigenvalue weighted by molar-refractivity contribution is 0.0992. The molecule has 25 heavy (non-hydrogen) atoms. The van der Waals surface area contributed by atoms with Gasteiger partial charge in [0.2, 0.25) is 5.75 Å².